The first kappa shape index (κ1) is 52.5. The van der Waals surface area contributed by atoms with E-state index in [0.29, 0.717) is 0 Å². The van der Waals surface area contributed by atoms with E-state index in [1.165, 1.54) is 110 Å². The third-order valence-corrected chi connectivity index (χ3v) is 18.2. The summed E-state index contributed by atoms with van der Waals surface area (Å²) in [5.74, 6) is 0. The Balaban J connectivity index is 0.000000139. The predicted molar refractivity (Wildman–Crippen MR) is 381 cm³/mol. The van der Waals surface area contributed by atoms with Crippen LogP contribution in [0, 0.1) is 0 Å². The predicted octanol–water partition coefficient (Wildman–Crippen LogP) is 25.1. The number of hydrogen-bond acceptors (Lipinski definition) is 2. The van der Waals surface area contributed by atoms with Crippen molar-refractivity contribution in [2.45, 2.75) is 0 Å². The zero-order valence-corrected chi connectivity index (χ0v) is 49.1. The first-order valence-corrected chi connectivity index (χ1v) is 30.9. The van der Waals surface area contributed by atoms with Crippen molar-refractivity contribution in [2.24, 2.45) is 0 Å². The summed E-state index contributed by atoms with van der Waals surface area (Å²) in [5.41, 5.74) is 23.0. The number of hydrogen-bond donors (Lipinski definition) is 0. The van der Waals surface area contributed by atoms with Crippen LogP contribution in [0.3, 0.4) is 0 Å². The summed E-state index contributed by atoms with van der Waals surface area (Å²) in [4.78, 5) is 0. The van der Waals surface area contributed by atoms with Crippen LogP contribution >= 0.6 is 0 Å². The molecule has 0 aliphatic rings. The van der Waals surface area contributed by atoms with Crippen molar-refractivity contribution < 1.29 is 8.83 Å². The van der Waals surface area contributed by atoms with Crippen LogP contribution in [0.15, 0.2) is 349 Å². The van der Waals surface area contributed by atoms with Crippen LogP contribution in [-0.2, 0) is 0 Å². The molecule has 2 heteroatoms. The van der Waals surface area contributed by atoms with Gasteiger partial charge in [-0.1, -0.05) is 297 Å². The van der Waals surface area contributed by atoms with Crippen LogP contribution in [0.2, 0.25) is 0 Å². The Labute approximate surface area is 521 Å². The van der Waals surface area contributed by atoms with Crippen LogP contribution < -0.4 is 0 Å². The van der Waals surface area contributed by atoms with E-state index in [1.807, 2.05) is 24.3 Å². The molecular weight excluding hydrogens is 1090 g/mol. The van der Waals surface area contributed by atoms with Crippen molar-refractivity contribution in [1.82, 2.24) is 0 Å². The van der Waals surface area contributed by atoms with Crippen molar-refractivity contribution in [2.75, 3.05) is 0 Å². The van der Waals surface area contributed by atoms with Crippen molar-refractivity contribution in [3.8, 4) is 89.0 Å². The van der Waals surface area contributed by atoms with Gasteiger partial charge >= 0.3 is 0 Å². The van der Waals surface area contributed by atoms with Gasteiger partial charge < -0.3 is 8.83 Å². The molecule has 0 aliphatic carbocycles. The van der Waals surface area contributed by atoms with E-state index in [0.717, 1.165) is 66.1 Å². The van der Waals surface area contributed by atoms with E-state index in [1.54, 1.807) is 0 Å². The number of rotatable bonds is 8. The maximum absolute atomic E-state index is 6.33. The fourth-order valence-corrected chi connectivity index (χ4v) is 13.6. The first-order chi connectivity index (χ1) is 44.6. The van der Waals surface area contributed by atoms with Gasteiger partial charge in [-0.3, -0.25) is 0 Å². The molecule has 0 saturated heterocycles. The second-order valence-corrected chi connectivity index (χ2v) is 23.4. The minimum Gasteiger partial charge on any atom is -0.455 e. The molecule has 0 spiro atoms. The van der Waals surface area contributed by atoms with Crippen LogP contribution in [0.5, 0.6) is 0 Å². The van der Waals surface area contributed by atoms with E-state index >= 15 is 0 Å². The Hall–Kier alpha value is -11.8. The minimum absolute atomic E-state index is 0.922. The highest BCUT2D eigenvalue weighted by Gasteiger charge is 2.17. The summed E-state index contributed by atoms with van der Waals surface area (Å²) < 4.78 is 12.7. The second-order valence-electron chi connectivity index (χ2n) is 23.4. The van der Waals surface area contributed by atoms with Gasteiger partial charge in [0.15, 0.2) is 0 Å². The zero-order valence-electron chi connectivity index (χ0n) is 49.1. The summed E-state index contributed by atoms with van der Waals surface area (Å²) >= 11 is 0. The minimum atomic E-state index is 0.922. The molecule has 0 amide bonds. The molecular formula is C88H56O2. The number of para-hydroxylation sites is 4. The third-order valence-electron chi connectivity index (χ3n) is 18.2. The number of benzene rings is 16. The van der Waals surface area contributed by atoms with Crippen LogP contribution in [0.25, 0.3) is 176 Å². The standard InChI is InChI=1S/2C44H28O/c1-2-10-29(11-3-1)32-12-8-13-33(26-32)34-24-25-35-28-41(37-14-4-5-15-38(37)42(35)27-34)31-22-20-30(21-23-31)36-17-9-18-40-39-16-6-7-19-43(39)45-44(36)40;1-2-9-29(10-3-1)30-17-19-31(20-18-30)34-25-26-35-28-41(37-11-4-5-12-38(37)42(35)27-34)33-23-21-32(22-24-33)36-14-8-15-40-39-13-6-7-16-43(39)45-44(36)40/h2*1-28H. The topological polar surface area (TPSA) is 26.3 Å². The highest BCUT2D eigenvalue weighted by molar-refractivity contribution is 6.17. The van der Waals surface area contributed by atoms with Gasteiger partial charge in [0.2, 0.25) is 0 Å². The van der Waals surface area contributed by atoms with E-state index in [2.05, 4.69) is 315 Å². The van der Waals surface area contributed by atoms with Crippen LogP contribution in [0.1, 0.15) is 0 Å². The van der Waals surface area contributed by atoms with Gasteiger partial charge in [-0.05, 0) is 163 Å². The van der Waals surface area contributed by atoms with Crippen LogP contribution in [0.4, 0.5) is 0 Å². The molecule has 0 N–H and O–H groups in total. The molecule has 2 aromatic heterocycles. The zero-order chi connectivity index (χ0) is 59.5. The van der Waals surface area contributed by atoms with E-state index < -0.39 is 0 Å². The fraction of sp³-hybridized carbons (Fsp3) is 0. The Morgan fingerprint density at radius 1 is 0.144 bits per heavy atom. The van der Waals surface area contributed by atoms with Gasteiger partial charge in [-0.2, -0.15) is 0 Å². The smallest absolute Gasteiger partial charge is 0.143 e. The molecule has 420 valence electrons. The summed E-state index contributed by atoms with van der Waals surface area (Å²) in [5, 5.41) is 14.7. The second kappa shape index (κ2) is 22.1. The Bertz CT molecular complexity index is 5740. The number of furan rings is 2. The van der Waals surface area contributed by atoms with Gasteiger partial charge in [0, 0.05) is 32.7 Å². The molecule has 0 radical (unpaired) electrons. The lowest BCUT2D eigenvalue weighted by Gasteiger charge is -2.13. The molecule has 0 atom stereocenters. The monoisotopic (exact) mass is 1140 g/mol. The van der Waals surface area contributed by atoms with E-state index in [-0.39, 0.29) is 0 Å². The normalized spacial score (nSPS) is 11.6. The van der Waals surface area contributed by atoms with Gasteiger partial charge in [0.25, 0.3) is 0 Å². The summed E-state index contributed by atoms with van der Waals surface area (Å²) in [6, 6.07) is 122. The van der Waals surface area contributed by atoms with Crippen molar-refractivity contribution in [3.05, 3.63) is 340 Å². The molecule has 0 fully saturated rings. The molecule has 0 saturated carbocycles. The summed E-state index contributed by atoms with van der Waals surface area (Å²) in [6.07, 6.45) is 0. The Morgan fingerprint density at radius 2 is 0.433 bits per heavy atom. The summed E-state index contributed by atoms with van der Waals surface area (Å²) in [6.45, 7) is 0. The fourth-order valence-electron chi connectivity index (χ4n) is 13.6. The maximum Gasteiger partial charge on any atom is 0.143 e. The van der Waals surface area contributed by atoms with Crippen molar-refractivity contribution in [1.29, 1.82) is 0 Å². The number of fused-ring (bicyclic) bond motifs is 12. The molecule has 2 nitrogen and oxygen atoms in total. The van der Waals surface area contributed by atoms with Gasteiger partial charge in [-0.25, -0.2) is 0 Å². The molecule has 0 bridgehead atoms. The highest BCUT2D eigenvalue weighted by Crippen LogP contribution is 2.43. The molecule has 18 rings (SSSR count). The van der Waals surface area contributed by atoms with Crippen molar-refractivity contribution >= 4 is 87.0 Å². The largest absolute Gasteiger partial charge is 0.455 e. The summed E-state index contributed by atoms with van der Waals surface area (Å²) in [7, 11) is 0. The average Bonchev–Trinajstić information content (AvgIpc) is 1.29. The lowest BCUT2D eigenvalue weighted by atomic mass is 9.90. The quantitative estimate of drug-likeness (QED) is 0.142. The van der Waals surface area contributed by atoms with Crippen molar-refractivity contribution in [3.63, 3.8) is 0 Å². The molecule has 2 heterocycles. The average molecular weight is 1150 g/mol. The lowest BCUT2D eigenvalue weighted by Crippen LogP contribution is -1.87. The van der Waals surface area contributed by atoms with E-state index in [4.69, 9.17) is 8.83 Å². The molecule has 90 heavy (non-hydrogen) atoms. The molecule has 0 aliphatic heterocycles. The highest BCUT2D eigenvalue weighted by atomic mass is 16.3. The maximum atomic E-state index is 6.33. The Morgan fingerprint density at radius 3 is 0.900 bits per heavy atom. The lowest BCUT2D eigenvalue weighted by molar-refractivity contribution is 0.669. The SMILES string of the molecule is c1ccc(-c2ccc(-c3ccc4cc(-c5ccc(-c6cccc7c6oc6ccccc67)cc5)c5ccccc5c4c3)cc2)cc1.c1ccc(-c2cccc(-c3ccc4cc(-c5ccc(-c6cccc7c6oc6ccccc67)cc5)c5ccccc5c4c3)c2)cc1. The molecule has 16 aromatic carbocycles. The van der Waals surface area contributed by atoms with Gasteiger partial charge in [-0.15, -0.1) is 0 Å². The first-order valence-electron chi connectivity index (χ1n) is 30.9. The molecule has 0 unspecified atom stereocenters. The van der Waals surface area contributed by atoms with Gasteiger partial charge in [0.05, 0.1) is 0 Å². The van der Waals surface area contributed by atoms with Crippen LogP contribution in [-0.4, -0.2) is 0 Å². The third kappa shape index (κ3) is 9.38. The van der Waals surface area contributed by atoms with E-state index in [9.17, 15) is 0 Å². The van der Waals surface area contributed by atoms with Gasteiger partial charge in [0.1, 0.15) is 22.3 Å². The Kier molecular flexibility index (Phi) is 12.9. The molecule has 18 aromatic rings.